The zero-order valence-corrected chi connectivity index (χ0v) is 59.9. The highest BCUT2D eigenvalue weighted by Crippen LogP contribution is 2.38. The molecule has 528 valence electrons. The molecule has 8 rings (SSSR count). The molecule has 4 aromatic rings. The monoisotopic (exact) mass is 1330 g/mol. The van der Waals surface area contributed by atoms with Crippen LogP contribution in [0, 0.1) is 13.8 Å². The molecular weight excluding hydrogens is 1210 g/mol. The van der Waals surface area contributed by atoms with Crippen molar-refractivity contribution in [3.05, 3.63) is 83.2 Å². The molecule has 94 heavy (non-hydrogen) atoms. The number of anilines is 6. The summed E-state index contributed by atoms with van der Waals surface area (Å²) in [6.07, 6.45) is 39.6. The second-order valence-electron chi connectivity index (χ2n) is 27.0. The lowest BCUT2D eigenvalue weighted by molar-refractivity contribution is -0.132. The molecule has 13 nitrogen and oxygen atoms in total. The van der Waals surface area contributed by atoms with Crippen LogP contribution < -0.4 is 25.8 Å². The van der Waals surface area contributed by atoms with Gasteiger partial charge in [0.05, 0.1) is 13.1 Å². The van der Waals surface area contributed by atoms with Gasteiger partial charge >= 0.3 is 0 Å². The van der Waals surface area contributed by atoms with Crippen molar-refractivity contribution in [2.45, 2.75) is 278 Å². The van der Waals surface area contributed by atoms with Gasteiger partial charge in [0.2, 0.25) is 11.1 Å². The molecule has 0 radical (unpaired) electrons. The van der Waals surface area contributed by atoms with E-state index < -0.39 is 11.8 Å². The molecule has 18 heteroatoms. The van der Waals surface area contributed by atoms with Crippen molar-refractivity contribution in [1.29, 1.82) is 0 Å². The lowest BCUT2D eigenvalue weighted by Crippen LogP contribution is -2.37. The molecule has 0 atom stereocenters. The summed E-state index contributed by atoms with van der Waals surface area (Å²) in [6, 6.07) is 15.8. The SMILES string of the molecule is CCCCCCCCCCCCCCC(=O)Cl.CCCCCCCCCCCCCCC(=O)N1CCC(c2cc(Nc3cc(C)ccn3)nc(N3CCC(F)(F)C3)c2)CC1.CCN(CC)CC.Cc1ccnc(Nc2cc(C3CCNCC3)cc(N3CCC(F)(F)C3)n2)c1. The Morgan fingerprint density at radius 1 is 0.511 bits per heavy atom. The lowest BCUT2D eigenvalue weighted by Gasteiger charge is -2.33. The molecule has 4 aliphatic heterocycles. The highest BCUT2D eigenvalue weighted by atomic mass is 35.5. The van der Waals surface area contributed by atoms with Gasteiger partial charge in [0, 0.05) is 64.3 Å². The smallest absolute Gasteiger partial charge is 0.266 e. The first-order chi connectivity index (χ1) is 45.4. The lowest BCUT2D eigenvalue weighted by atomic mass is 9.89. The van der Waals surface area contributed by atoms with Crippen molar-refractivity contribution in [3.63, 3.8) is 0 Å². The number of unbranched alkanes of at least 4 members (excludes halogenated alkanes) is 22. The number of alkyl halides is 4. The van der Waals surface area contributed by atoms with E-state index in [1.807, 2.05) is 67.3 Å². The molecule has 0 aromatic carbocycles. The first kappa shape index (κ1) is 79.6. The summed E-state index contributed by atoms with van der Waals surface area (Å²) >= 11 is 5.27. The average molecular weight is 1330 g/mol. The van der Waals surface area contributed by atoms with Crippen molar-refractivity contribution in [1.82, 2.24) is 35.1 Å². The topological polar surface area (TPSA) is 135 Å². The van der Waals surface area contributed by atoms with Gasteiger partial charge in [-0.25, -0.2) is 37.5 Å². The molecule has 0 unspecified atom stereocenters. The second-order valence-corrected chi connectivity index (χ2v) is 27.4. The maximum absolute atomic E-state index is 14.1. The van der Waals surface area contributed by atoms with Crippen LogP contribution in [0.4, 0.5) is 52.5 Å². The molecule has 0 spiro atoms. The number of nitrogens with one attached hydrogen (secondary N) is 3. The number of rotatable bonds is 37. The number of halogens is 5. The maximum Gasteiger partial charge on any atom is 0.266 e. The van der Waals surface area contributed by atoms with E-state index in [0.29, 0.717) is 60.2 Å². The molecular formula is C76H122ClF4N11O2. The van der Waals surface area contributed by atoms with Gasteiger partial charge in [-0.2, -0.15) is 0 Å². The highest BCUT2D eigenvalue weighted by Gasteiger charge is 2.40. The normalized spacial score (nSPS) is 16.2. The van der Waals surface area contributed by atoms with Gasteiger partial charge in [0.1, 0.15) is 34.9 Å². The van der Waals surface area contributed by atoms with Crippen molar-refractivity contribution < 1.29 is 27.2 Å². The van der Waals surface area contributed by atoms with Crippen LogP contribution in [0.15, 0.2) is 60.9 Å². The van der Waals surface area contributed by atoms with Crippen LogP contribution in [-0.4, -0.2) is 125 Å². The molecule has 0 saturated carbocycles. The number of carbonyl (C=O) groups excluding carboxylic acids is 2. The zero-order chi connectivity index (χ0) is 67.8. The number of likely N-dealkylation sites (tertiary alicyclic amines) is 1. The van der Waals surface area contributed by atoms with E-state index >= 15 is 0 Å². The third-order valence-corrected chi connectivity index (χ3v) is 19.1. The van der Waals surface area contributed by atoms with Gasteiger partial charge in [-0.1, -0.05) is 176 Å². The van der Waals surface area contributed by atoms with E-state index in [1.165, 1.54) is 148 Å². The van der Waals surface area contributed by atoms with Crippen LogP contribution in [0.2, 0.25) is 0 Å². The Hall–Kier alpha value is -5.13. The van der Waals surface area contributed by atoms with Gasteiger partial charge in [-0.3, -0.25) is 9.59 Å². The average Bonchev–Trinajstić information content (AvgIpc) is 1.47. The Kier molecular flexibility index (Phi) is 38.4. The molecule has 8 heterocycles. The number of aromatic nitrogens is 4. The van der Waals surface area contributed by atoms with Crippen LogP contribution in [0.25, 0.3) is 0 Å². The summed E-state index contributed by atoms with van der Waals surface area (Å²) in [6.45, 7) is 22.1. The van der Waals surface area contributed by atoms with E-state index in [-0.39, 0.29) is 49.5 Å². The predicted molar refractivity (Wildman–Crippen MR) is 386 cm³/mol. The highest BCUT2D eigenvalue weighted by molar-refractivity contribution is 6.63. The fourth-order valence-corrected chi connectivity index (χ4v) is 13.1. The Balaban J connectivity index is 0.000000266. The van der Waals surface area contributed by atoms with Gasteiger partial charge in [0.25, 0.3) is 11.8 Å². The van der Waals surface area contributed by atoms with E-state index in [4.69, 9.17) is 16.6 Å². The van der Waals surface area contributed by atoms with E-state index in [0.717, 1.165) is 99.8 Å². The molecule has 1 amide bonds. The van der Waals surface area contributed by atoms with Crippen molar-refractivity contribution in [2.75, 3.05) is 92.4 Å². The molecule has 3 N–H and O–H groups in total. The summed E-state index contributed by atoms with van der Waals surface area (Å²) in [5.74, 6) is -0.514. The zero-order valence-electron chi connectivity index (χ0n) is 59.1. The quantitative estimate of drug-likeness (QED) is 0.0225. The van der Waals surface area contributed by atoms with E-state index in [9.17, 15) is 27.2 Å². The summed E-state index contributed by atoms with van der Waals surface area (Å²) in [5.41, 5.74) is 4.42. The minimum atomic E-state index is -2.69. The Morgan fingerprint density at radius 3 is 1.22 bits per heavy atom. The molecule has 4 aliphatic rings. The first-order valence-corrected chi connectivity index (χ1v) is 37.4. The molecule has 0 aliphatic carbocycles. The number of amides is 1. The largest absolute Gasteiger partial charge is 0.350 e. The number of carbonyl (C=O) groups is 2. The van der Waals surface area contributed by atoms with E-state index in [2.05, 4.69) is 70.4 Å². The molecule has 4 saturated heterocycles. The Labute approximate surface area is 570 Å². The van der Waals surface area contributed by atoms with Gasteiger partial charge in [-0.05, 0) is 179 Å². The number of pyridine rings is 4. The number of piperidine rings is 2. The van der Waals surface area contributed by atoms with Crippen molar-refractivity contribution in [3.8, 4) is 0 Å². The summed E-state index contributed by atoms with van der Waals surface area (Å²) < 4.78 is 55.6. The van der Waals surface area contributed by atoms with Gasteiger partial charge in [0.15, 0.2) is 0 Å². The van der Waals surface area contributed by atoms with Crippen molar-refractivity contribution in [2.24, 2.45) is 0 Å². The molecule has 4 fully saturated rings. The minimum Gasteiger partial charge on any atom is -0.350 e. The maximum atomic E-state index is 14.1. The predicted octanol–water partition coefficient (Wildman–Crippen LogP) is 20.2. The van der Waals surface area contributed by atoms with Gasteiger partial charge < -0.3 is 35.6 Å². The fraction of sp³-hybridized carbons (Fsp3) is 0.711. The number of aryl methyl sites for hydroxylation is 2. The standard InChI is InChI=1S/C35H53F2N5O.C20H25F2N5.C15H29ClO.C6H15N/c1-3-4-5-6-7-8-9-10-11-12-13-14-15-34(43)41-21-17-29(18-22-41)30-25-32(39-31-24-28(2)16-20-38-31)40-33(26-30)42-23-19-35(36,37)27-42;1-14-2-8-24-17(10-14)25-18-11-16(15-3-6-23-7-4-15)12-19(26-18)27-9-5-20(21,22)13-27;1-2-3-4-5-6-7-8-9-10-11-12-13-14-15(16)17;1-4-7(5-2)6-3/h16,20,24-26,29H,3-15,17-19,21-23,27H2,1-2H3,(H,38,39,40);2,8,10-12,15,23H,3-7,9,13H2,1H3,(H,24,25,26);2-14H2,1H3;4-6H2,1-3H3. The Morgan fingerprint density at radius 2 is 0.883 bits per heavy atom. The summed E-state index contributed by atoms with van der Waals surface area (Å²) in [7, 11) is 0. The first-order valence-electron chi connectivity index (χ1n) is 37.0. The van der Waals surface area contributed by atoms with Crippen LogP contribution in [0.5, 0.6) is 0 Å². The van der Waals surface area contributed by atoms with Crippen LogP contribution >= 0.6 is 11.6 Å². The third-order valence-electron chi connectivity index (χ3n) is 18.9. The number of hydrogen-bond acceptors (Lipinski definition) is 12. The number of nitrogens with zero attached hydrogens (tertiary/aromatic N) is 8. The van der Waals surface area contributed by atoms with Crippen LogP contribution in [0.1, 0.15) is 274 Å². The fourth-order valence-electron chi connectivity index (χ4n) is 13.0. The van der Waals surface area contributed by atoms with Crippen molar-refractivity contribution >= 4 is 57.7 Å². The second kappa shape index (κ2) is 45.4. The summed E-state index contributed by atoms with van der Waals surface area (Å²) in [5, 5.41) is 9.74. The third kappa shape index (κ3) is 32.3. The van der Waals surface area contributed by atoms with Crippen LogP contribution in [-0.2, 0) is 9.59 Å². The molecule has 0 bridgehead atoms. The minimum absolute atomic E-state index is 0.117. The van der Waals surface area contributed by atoms with Gasteiger partial charge in [-0.15, -0.1) is 0 Å². The Bertz CT molecular complexity index is 2700. The summed E-state index contributed by atoms with van der Waals surface area (Å²) in [4.78, 5) is 49.2. The number of hydrogen-bond donors (Lipinski definition) is 3. The molecule has 4 aromatic heterocycles. The van der Waals surface area contributed by atoms with E-state index in [1.54, 1.807) is 22.2 Å². The van der Waals surface area contributed by atoms with Crippen LogP contribution in [0.3, 0.4) is 0 Å².